The van der Waals surface area contributed by atoms with Crippen LogP contribution in [-0.4, -0.2) is 17.8 Å². The lowest BCUT2D eigenvalue weighted by Gasteiger charge is -2.11. The second kappa shape index (κ2) is 2.57. The molecule has 1 aliphatic carbocycles. The Morgan fingerprint density at radius 3 is 3.54 bits per heavy atom. The van der Waals surface area contributed by atoms with E-state index in [-0.39, 0.29) is 6.10 Å². The van der Waals surface area contributed by atoms with Crippen LogP contribution in [0, 0.1) is 0 Å². The van der Waals surface area contributed by atoms with E-state index >= 15 is 0 Å². The minimum atomic E-state index is 0.211. The van der Waals surface area contributed by atoms with Gasteiger partial charge in [-0.2, -0.15) is 0 Å². The lowest BCUT2D eigenvalue weighted by molar-refractivity contribution is 0.128. The predicted molar refractivity (Wildman–Crippen MR) is 48.9 cm³/mol. The Morgan fingerprint density at radius 2 is 2.54 bits per heavy atom. The van der Waals surface area contributed by atoms with E-state index in [1.165, 1.54) is 5.22 Å². The van der Waals surface area contributed by atoms with Crippen LogP contribution in [0.15, 0.2) is 18.3 Å². The van der Waals surface area contributed by atoms with Crippen LogP contribution in [0.25, 0.3) is 11.8 Å². The van der Waals surface area contributed by atoms with E-state index in [4.69, 9.17) is 4.74 Å². The van der Waals surface area contributed by atoms with Gasteiger partial charge in [-0.05, 0) is 17.7 Å². The van der Waals surface area contributed by atoms with Crippen molar-refractivity contribution in [1.29, 1.82) is 0 Å². The van der Waals surface area contributed by atoms with Crippen molar-refractivity contribution in [2.45, 2.75) is 12.5 Å². The molecule has 66 valence electrons. The second-order valence-electron chi connectivity index (χ2n) is 3.27. The maximum Gasteiger partial charge on any atom is 0.117 e. The number of nitrogens with one attached hydrogen (secondary N) is 1. The summed E-state index contributed by atoms with van der Waals surface area (Å²) >= 11 is 0. The number of nitrogens with zero attached hydrogens (tertiary/aromatic N) is 1. The van der Waals surface area contributed by atoms with Crippen molar-refractivity contribution in [1.82, 2.24) is 10.3 Å². The topological polar surface area (TPSA) is 34.2 Å². The van der Waals surface area contributed by atoms with Gasteiger partial charge in [0.2, 0.25) is 0 Å². The minimum Gasteiger partial charge on any atom is -0.362 e. The average Bonchev–Trinajstić information content (AvgIpc) is 2.65. The Hall–Kier alpha value is -1.35. The summed E-state index contributed by atoms with van der Waals surface area (Å²) in [7, 11) is 0. The normalized spacial score (nSPS) is 24.3. The van der Waals surface area contributed by atoms with Gasteiger partial charge in [-0.3, -0.25) is 4.98 Å². The number of hydrogen-bond acceptors (Lipinski definition) is 3. The van der Waals surface area contributed by atoms with E-state index < -0.39 is 0 Å². The first-order valence-electron chi connectivity index (χ1n) is 4.46. The molecule has 1 fully saturated rings. The summed E-state index contributed by atoms with van der Waals surface area (Å²) in [4.78, 5) is 4.35. The average molecular weight is 174 g/mol. The van der Waals surface area contributed by atoms with E-state index in [1.807, 2.05) is 12.3 Å². The summed E-state index contributed by atoms with van der Waals surface area (Å²) in [6.45, 7) is 0.615. The van der Waals surface area contributed by atoms with Crippen LogP contribution in [0.3, 0.4) is 0 Å². The molecule has 1 aromatic heterocycles. The van der Waals surface area contributed by atoms with E-state index in [9.17, 15) is 0 Å². The van der Waals surface area contributed by atoms with Crippen molar-refractivity contribution < 1.29 is 4.74 Å². The van der Waals surface area contributed by atoms with Gasteiger partial charge in [0.05, 0.1) is 11.0 Å². The number of aromatic nitrogens is 1. The molecular formula is C10H10N2O. The monoisotopic (exact) mass is 174 g/mol. The van der Waals surface area contributed by atoms with Crippen LogP contribution in [0.5, 0.6) is 0 Å². The zero-order valence-corrected chi connectivity index (χ0v) is 7.16. The molecule has 2 heterocycles. The molecule has 0 aromatic carbocycles. The van der Waals surface area contributed by atoms with Crippen LogP contribution in [-0.2, 0) is 4.74 Å². The molecule has 0 amide bonds. The number of pyridine rings is 1. The molecule has 2 aliphatic rings. The summed E-state index contributed by atoms with van der Waals surface area (Å²) in [5.74, 6) is 0. The second-order valence-corrected chi connectivity index (χ2v) is 3.27. The minimum absolute atomic E-state index is 0.211. The molecule has 3 rings (SSSR count). The van der Waals surface area contributed by atoms with Gasteiger partial charge in [-0.15, -0.1) is 0 Å². The first kappa shape index (κ1) is 7.09. The molecule has 1 atom stereocenters. The molecule has 1 unspecified atom stereocenters. The number of fused-ring (bicyclic) bond motifs is 2. The van der Waals surface area contributed by atoms with Crippen LogP contribution in [0.2, 0.25) is 0 Å². The fraction of sp³-hybridized carbons (Fsp3) is 0.300. The van der Waals surface area contributed by atoms with Crippen molar-refractivity contribution in [2.24, 2.45) is 0 Å². The lowest BCUT2D eigenvalue weighted by Crippen LogP contribution is -2.38. The highest BCUT2D eigenvalue weighted by molar-refractivity contribution is 5.53. The zero-order chi connectivity index (χ0) is 8.67. The summed E-state index contributed by atoms with van der Waals surface area (Å²) < 4.78 is 5.49. The highest BCUT2D eigenvalue weighted by atomic mass is 16.5. The quantitative estimate of drug-likeness (QED) is 0.566. The molecule has 1 saturated heterocycles. The number of hydrogen-bond donors (Lipinski definition) is 1. The van der Waals surface area contributed by atoms with Gasteiger partial charge in [0.1, 0.15) is 12.8 Å². The van der Waals surface area contributed by atoms with Crippen molar-refractivity contribution >= 4 is 11.8 Å². The summed E-state index contributed by atoms with van der Waals surface area (Å²) in [6, 6.07) is 4.05. The Morgan fingerprint density at radius 1 is 1.54 bits per heavy atom. The molecule has 3 nitrogen and oxygen atoms in total. The van der Waals surface area contributed by atoms with Gasteiger partial charge in [0, 0.05) is 6.20 Å². The summed E-state index contributed by atoms with van der Waals surface area (Å²) in [6.07, 6.45) is 5.18. The van der Waals surface area contributed by atoms with Crippen molar-refractivity contribution in [3.8, 4) is 0 Å². The molecular weight excluding hydrogens is 164 g/mol. The molecule has 13 heavy (non-hydrogen) atoms. The molecule has 1 aromatic rings. The fourth-order valence-electron chi connectivity index (χ4n) is 1.88. The molecule has 0 spiro atoms. The maximum atomic E-state index is 5.49. The largest absolute Gasteiger partial charge is 0.362 e. The first-order chi connectivity index (χ1) is 6.45. The van der Waals surface area contributed by atoms with Crippen LogP contribution >= 0.6 is 0 Å². The Balaban J connectivity index is 2.38. The molecule has 0 radical (unpaired) electrons. The molecule has 0 bridgehead atoms. The van der Waals surface area contributed by atoms with Crippen LogP contribution in [0.4, 0.5) is 0 Å². The Labute approximate surface area is 75.7 Å². The van der Waals surface area contributed by atoms with E-state index in [0.29, 0.717) is 6.73 Å². The van der Waals surface area contributed by atoms with Crippen LogP contribution in [0.1, 0.15) is 6.42 Å². The fourth-order valence-corrected chi connectivity index (χ4v) is 1.88. The van der Waals surface area contributed by atoms with Gasteiger partial charge in [0.15, 0.2) is 0 Å². The van der Waals surface area contributed by atoms with Crippen molar-refractivity contribution in [3.05, 3.63) is 28.9 Å². The molecule has 3 heteroatoms. The van der Waals surface area contributed by atoms with Crippen molar-refractivity contribution in [2.75, 3.05) is 6.73 Å². The number of rotatable bonds is 0. The maximum absolute atomic E-state index is 5.49. The van der Waals surface area contributed by atoms with Gasteiger partial charge in [-0.25, -0.2) is 0 Å². The Bertz CT molecular complexity index is 452. The molecule has 0 saturated carbocycles. The highest BCUT2D eigenvalue weighted by Crippen LogP contribution is 2.15. The van der Waals surface area contributed by atoms with Crippen molar-refractivity contribution in [3.63, 3.8) is 0 Å². The van der Waals surface area contributed by atoms with E-state index in [1.54, 1.807) is 0 Å². The predicted octanol–water partition coefficient (Wildman–Crippen LogP) is -0.680. The third-order valence-electron chi connectivity index (χ3n) is 2.51. The third kappa shape index (κ3) is 0.971. The zero-order valence-electron chi connectivity index (χ0n) is 7.16. The lowest BCUT2D eigenvalue weighted by atomic mass is 10.1. The first-order valence-corrected chi connectivity index (χ1v) is 4.46. The van der Waals surface area contributed by atoms with E-state index in [0.717, 1.165) is 17.5 Å². The standard InChI is InChI=1S/C10H10N2O/c1-2-7-3-4-8-10(12-6-13-8)9(7)11-5-1/h1-3,5,8,12H,4,6H2. The summed E-state index contributed by atoms with van der Waals surface area (Å²) in [5, 5.41) is 5.49. The number of ether oxygens (including phenoxy) is 1. The van der Waals surface area contributed by atoms with Gasteiger partial charge in [-0.1, -0.05) is 12.1 Å². The van der Waals surface area contributed by atoms with Crippen LogP contribution < -0.4 is 15.9 Å². The molecule has 1 N–H and O–H groups in total. The SMILES string of the molecule is C1=c2cccnc2=C2NCOC2C1. The smallest absolute Gasteiger partial charge is 0.117 e. The third-order valence-corrected chi connectivity index (χ3v) is 2.51. The Kier molecular flexibility index (Phi) is 1.40. The van der Waals surface area contributed by atoms with Gasteiger partial charge in [0.25, 0.3) is 0 Å². The summed E-state index contributed by atoms with van der Waals surface area (Å²) in [5.41, 5.74) is 1.15. The highest BCUT2D eigenvalue weighted by Gasteiger charge is 2.23. The van der Waals surface area contributed by atoms with Gasteiger partial charge >= 0.3 is 0 Å². The molecule has 1 aliphatic heterocycles. The van der Waals surface area contributed by atoms with E-state index in [2.05, 4.69) is 22.4 Å². The van der Waals surface area contributed by atoms with Gasteiger partial charge < -0.3 is 10.1 Å².